The number of aromatic nitrogens is 4. The minimum Gasteiger partial charge on any atom is -0.342 e. The summed E-state index contributed by atoms with van der Waals surface area (Å²) in [5.74, 6) is 1.75. The van der Waals surface area contributed by atoms with E-state index in [0.29, 0.717) is 24.0 Å². The summed E-state index contributed by atoms with van der Waals surface area (Å²) in [5.41, 5.74) is 0.133. The van der Waals surface area contributed by atoms with E-state index in [0.717, 1.165) is 0 Å². The zero-order chi connectivity index (χ0) is 13.2. The fourth-order valence-electron chi connectivity index (χ4n) is 1.84. The quantitative estimate of drug-likeness (QED) is 0.861. The van der Waals surface area contributed by atoms with Crippen molar-refractivity contribution in [3.8, 4) is 11.6 Å². The Hall–Kier alpha value is -1.69. The molecule has 98 valence electrons. The van der Waals surface area contributed by atoms with Crippen molar-refractivity contribution in [2.24, 2.45) is 5.41 Å². The Morgan fingerprint density at radius 2 is 2.22 bits per heavy atom. The van der Waals surface area contributed by atoms with Crippen molar-refractivity contribution in [3.63, 3.8) is 0 Å². The lowest BCUT2D eigenvalue weighted by molar-refractivity contribution is 0.255. The lowest BCUT2D eigenvalue weighted by atomic mass is 9.85. The second-order valence-corrected chi connectivity index (χ2v) is 5.36. The van der Waals surface area contributed by atoms with Gasteiger partial charge < -0.3 is 14.8 Å². The van der Waals surface area contributed by atoms with Crippen LogP contribution in [0.25, 0.3) is 11.6 Å². The molecule has 18 heavy (non-hydrogen) atoms. The highest BCUT2D eigenvalue weighted by molar-refractivity contribution is 5.40. The lowest BCUT2D eigenvalue weighted by Crippen LogP contribution is -2.39. The van der Waals surface area contributed by atoms with Crippen LogP contribution in [0.5, 0.6) is 0 Å². The highest BCUT2D eigenvalue weighted by Gasteiger charge is 2.25. The zero-order valence-corrected chi connectivity index (χ0v) is 11.2. The first-order valence-corrected chi connectivity index (χ1v) is 6.00. The number of aromatic amines is 1. The number of nitrogens with zero attached hydrogens (tertiary/aromatic N) is 3. The van der Waals surface area contributed by atoms with Gasteiger partial charge in [0.2, 0.25) is 11.7 Å². The van der Waals surface area contributed by atoms with Gasteiger partial charge in [-0.3, -0.25) is 0 Å². The second-order valence-electron chi connectivity index (χ2n) is 5.36. The number of nitrogens with one attached hydrogen (secondary N) is 2. The fraction of sp³-hybridized carbons (Fsp3) is 0.583. The molecule has 2 heterocycles. The van der Waals surface area contributed by atoms with E-state index >= 15 is 0 Å². The van der Waals surface area contributed by atoms with Crippen LogP contribution in [0.3, 0.4) is 0 Å². The number of imidazole rings is 1. The predicted octanol–water partition coefficient (Wildman–Crippen LogP) is 1.64. The van der Waals surface area contributed by atoms with Crippen LogP contribution < -0.4 is 5.32 Å². The van der Waals surface area contributed by atoms with Gasteiger partial charge in [-0.1, -0.05) is 25.9 Å². The lowest BCUT2D eigenvalue weighted by Gasteiger charge is -2.29. The minimum atomic E-state index is 0.133. The predicted molar refractivity (Wildman–Crippen MR) is 67.9 cm³/mol. The molecule has 1 unspecified atom stereocenters. The van der Waals surface area contributed by atoms with Crippen molar-refractivity contribution in [2.45, 2.75) is 33.2 Å². The van der Waals surface area contributed by atoms with Crippen LogP contribution in [0.1, 0.15) is 26.7 Å². The highest BCUT2D eigenvalue weighted by Crippen LogP contribution is 2.22. The van der Waals surface area contributed by atoms with E-state index in [9.17, 15) is 0 Å². The van der Waals surface area contributed by atoms with Crippen molar-refractivity contribution in [2.75, 3.05) is 7.05 Å². The van der Waals surface area contributed by atoms with E-state index in [-0.39, 0.29) is 11.5 Å². The Bertz CT molecular complexity index is 483. The molecule has 0 spiro atoms. The SMILES string of the molecule is CNC(Cc1nc(-c2ncc[nH]2)no1)C(C)(C)C. The largest absolute Gasteiger partial charge is 0.342 e. The monoisotopic (exact) mass is 249 g/mol. The molecule has 0 bridgehead atoms. The van der Waals surface area contributed by atoms with Gasteiger partial charge in [0.25, 0.3) is 0 Å². The van der Waals surface area contributed by atoms with Gasteiger partial charge in [-0.2, -0.15) is 4.98 Å². The summed E-state index contributed by atoms with van der Waals surface area (Å²) in [4.78, 5) is 11.4. The molecular weight excluding hydrogens is 230 g/mol. The molecule has 0 aliphatic rings. The Morgan fingerprint density at radius 1 is 1.44 bits per heavy atom. The van der Waals surface area contributed by atoms with Gasteiger partial charge in [-0.05, 0) is 12.5 Å². The fourth-order valence-corrected chi connectivity index (χ4v) is 1.84. The number of H-pyrrole nitrogens is 1. The third kappa shape index (κ3) is 2.76. The van der Waals surface area contributed by atoms with E-state index in [4.69, 9.17) is 4.52 Å². The standard InChI is InChI=1S/C12H19N5O/c1-12(2,3)8(13-4)7-9-16-11(17-18-9)10-14-5-6-15-10/h5-6,8,13H,7H2,1-4H3,(H,14,15). The van der Waals surface area contributed by atoms with E-state index in [2.05, 4.69) is 46.2 Å². The Labute approximate surface area is 106 Å². The Kier molecular flexibility index (Phi) is 3.47. The zero-order valence-electron chi connectivity index (χ0n) is 11.2. The molecule has 0 saturated heterocycles. The maximum absolute atomic E-state index is 5.25. The van der Waals surface area contributed by atoms with Crippen LogP contribution in [0.2, 0.25) is 0 Å². The van der Waals surface area contributed by atoms with Crippen LogP contribution in [0.4, 0.5) is 0 Å². The Balaban J connectivity index is 2.11. The molecule has 1 atom stereocenters. The number of hydrogen-bond donors (Lipinski definition) is 2. The van der Waals surface area contributed by atoms with Gasteiger partial charge in [-0.25, -0.2) is 4.98 Å². The summed E-state index contributed by atoms with van der Waals surface area (Å²) in [5, 5.41) is 7.20. The second kappa shape index (κ2) is 4.89. The van der Waals surface area contributed by atoms with E-state index in [1.807, 2.05) is 7.05 Å². The molecule has 2 rings (SSSR count). The maximum Gasteiger partial charge on any atom is 0.238 e. The molecule has 2 N–H and O–H groups in total. The molecule has 6 heteroatoms. The molecule has 0 fully saturated rings. The molecular formula is C12H19N5O. The number of likely N-dealkylation sites (N-methyl/N-ethyl adjacent to an activating group) is 1. The number of rotatable bonds is 4. The summed E-state index contributed by atoms with van der Waals surface area (Å²) in [6, 6.07) is 0.280. The molecule has 2 aromatic heterocycles. The summed E-state index contributed by atoms with van der Waals surface area (Å²) >= 11 is 0. The van der Waals surface area contributed by atoms with Crippen molar-refractivity contribution in [1.82, 2.24) is 25.4 Å². The summed E-state index contributed by atoms with van der Waals surface area (Å²) in [6.45, 7) is 6.54. The van der Waals surface area contributed by atoms with Gasteiger partial charge in [0.15, 0.2) is 5.82 Å². The minimum absolute atomic E-state index is 0.133. The average Bonchev–Trinajstić information content (AvgIpc) is 2.94. The van der Waals surface area contributed by atoms with Crippen molar-refractivity contribution in [3.05, 3.63) is 18.3 Å². The molecule has 6 nitrogen and oxygen atoms in total. The van der Waals surface area contributed by atoms with Gasteiger partial charge in [0, 0.05) is 24.9 Å². The van der Waals surface area contributed by atoms with Crippen LogP contribution in [-0.4, -0.2) is 33.2 Å². The van der Waals surface area contributed by atoms with Crippen molar-refractivity contribution in [1.29, 1.82) is 0 Å². The average molecular weight is 249 g/mol. The normalized spacial score (nSPS) is 13.8. The van der Waals surface area contributed by atoms with Crippen molar-refractivity contribution >= 4 is 0 Å². The first-order valence-electron chi connectivity index (χ1n) is 6.00. The molecule has 0 aliphatic carbocycles. The summed E-state index contributed by atoms with van der Waals surface area (Å²) in [7, 11) is 1.94. The van der Waals surface area contributed by atoms with Gasteiger partial charge in [-0.15, -0.1) is 0 Å². The third-order valence-corrected chi connectivity index (χ3v) is 2.95. The van der Waals surface area contributed by atoms with Crippen LogP contribution in [0, 0.1) is 5.41 Å². The highest BCUT2D eigenvalue weighted by atomic mass is 16.5. The number of hydrogen-bond acceptors (Lipinski definition) is 5. The Morgan fingerprint density at radius 3 is 2.78 bits per heavy atom. The molecule has 2 aromatic rings. The topological polar surface area (TPSA) is 79.6 Å². The van der Waals surface area contributed by atoms with E-state index in [1.165, 1.54) is 0 Å². The molecule has 0 aliphatic heterocycles. The molecule has 0 radical (unpaired) electrons. The van der Waals surface area contributed by atoms with E-state index < -0.39 is 0 Å². The molecule has 0 saturated carbocycles. The van der Waals surface area contributed by atoms with Crippen LogP contribution >= 0.6 is 0 Å². The first kappa shape index (κ1) is 12.8. The maximum atomic E-state index is 5.25. The smallest absolute Gasteiger partial charge is 0.238 e. The third-order valence-electron chi connectivity index (χ3n) is 2.95. The van der Waals surface area contributed by atoms with E-state index in [1.54, 1.807) is 12.4 Å². The van der Waals surface area contributed by atoms with Crippen molar-refractivity contribution < 1.29 is 4.52 Å². The van der Waals surface area contributed by atoms with Gasteiger partial charge >= 0.3 is 0 Å². The molecule has 0 aromatic carbocycles. The summed E-state index contributed by atoms with van der Waals surface area (Å²) in [6.07, 6.45) is 4.10. The first-order chi connectivity index (χ1) is 8.50. The van der Waals surface area contributed by atoms with Crippen LogP contribution in [-0.2, 0) is 6.42 Å². The van der Waals surface area contributed by atoms with Crippen LogP contribution in [0.15, 0.2) is 16.9 Å². The molecule has 0 amide bonds. The van der Waals surface area contributed by atoms with Gasteiger partial charge in [0.05, 0.1) is 0 Å². The summed E-state index contributed by atoms with van der Waals surface area (Å²) < 4.78 is 5.25. The van der Waals surface area contributed by atoms with Gasteiger partial charge in [0.1, 0.15) is 0 Å².